The van der Waals surface area contributed by atoms with E-state index in [0.29, 0.717) is 11.3 Å². The van der Waals surface area contributed by atoms with Crippen LogP contribution in [0.3, 0.4) is 0 Å². The molecule has 0 aliphatic heterocycles. The van der Waals surface area contributed by atoms with Crippen molar-refractivity contribution in [1.82, 2.24) is 0 Å². The second-order valence-corrected chi connectivity index (χ2v) is 2.64. The van der Waals surface area contributed by atoms with E-state index >= 15 is 0 Å². The predicted octanol–water partition coefficient (Wildman–Crippen LogP) is 1.49. The molecule has 0 radical (unpaired) electrons. The largest absolute Gasteiger partial charge is 0.494 e. The lowest BCUT2D eigenvalue weighted by Gasteiger charge is -2.06. The fourth-order valence-corrected chi connectivity index (χ4v) is 1.17. The minimum absolute atomic E-state index is 0.0178. The van der Waals surface area contributed by atoms with Gasteiger partial charge >= 0.3 is 0 Å². The van der Waals surface area contributed by atoms with Crippen LogP contribution in [-0.4, -0.2) is 12.0 Å². The quantitative estimate of drug-likeness (QED) is 0.427. The van der Waals surface area contributed by atoms with Crippen LogP contribution >= 0.6 is 0 Å². The predicted molar refractivity (Wildman–Crippen MR) is 48.8 cm³/mol. The van der Waals surface area contributed by atoms with Crippen LogP contribution in [0.4, 0.5) is 11.4 Å². The summed E-state index contributed by atoms with van der Waals surface area (Å²) in [4.78, 5) is 9.93. The Labute approximate surface area is 75.3 Å². The molecule has 0 unspecified atom stereocenters. The number of non-ortho nitro benzene ring substituents is 1. The van der Waals surface area contributed by atoms with Gasteiger partial charge in [0.2, 0.25) is 0 Å². The molecule has 13 heavy (non-hydrogen) atoms. The van der Waals surface area contributed by atoms with Crippen LogP contribution in [0.25, 0.3) is 0 Å². The van der Waals surface area contributed by atoms with Gasteiger partial charge in [0.1, 0.15) is 5.75 Å². The molecule has 0 atom stereocenters. The highest BCUT2D eigenvalue weighted by molar-refractivity contribution is 5.62. The molecule has 1 rings (SSSR count). The van der Waals surface area contributed by atoms with Gasteiger partial charge in [0.05, 0.1) is 17.7 Å². The number of benzene rings is 1. The molecule has 0 bridgehead atoms. The number of nitrogens with zero attached hydrogens (tertiary/aromatic N) is 1. The first kappa shape index (κ1) is 9.31. The average molecular weight is 182 g/mol. The smallest absolute Gasteiger partial charge is 0.272 e. The molecule has 0 heterocycles. The van der Waals surface area contributed by atoms with Crippen molar-refractivity contribution in [3.05, 3.63) is 27.8 Å². The van der Waals surface area contributed by atoms with Gasteiger partial charge in [-0.1, -0.05) is 0 Å². The standard InChI is InChI=1S/C8H10N2O3/c1-5-3-6(10(11)12)4-7(9)8(5)13-2/h3-4H,9H2,1-2H3. The summed E-state index contributed by atoms with van der Waals surface area (Å²) in [7, 11) is 1.48. The average Bonchev–Trinajstić information content (AvgIpc) is 2.03. The summed E-state index contributed by atoms with van der Waals surface area (Å²) in [6.07, 6.45) is 0. The van der Waals surface area contributed by atoms with Crippen LogP contribution in [0.2, 0.25) is 0 Å². The van der Waals surface area contributed by atoms with E-state index in [9.17, 15) is 10.1 Å². The molecule has 1 aromatic rings. The maximum absolute atomic E-state index is 10.4. The zero-order valence-corrected chi connectivity index (χ0v) is 7.40. The van der Waals surface area contributed by atoms with Crippen molar-refractivity contribution in [2.75, 3.05) is 12.8 Å². The molecule has 0 saturated carbocycles. The second-order valence-electron chi connectivity index (χ2n) is 2.64. The third-order valence-corrected chi connectivity index (χ3v) is 1.70. The van der Waals surface area contributed by atoms with E-state index in [-0.39, 0.29) is 11.4 Å². The fourth-order valence-electron chi connectivity index (χ4n) is 1.17. The van der Waals surface area contributed by atoms with E-state index < -0.39 is 4.92 Å². The third kappa shape index (κ3) is 1.69. The van der Waals surface area contributed by atoms with Crippen molar-refractivity contribution in [1.29, 1.82) is 0 Å². The van der Waals surface area contributed by atoms with Crippen molar-refractivity contribution >= 4 is 11.4 Å². The van der Waals surface area contributed by atoms with Crippen molar-refractivity contribution in [3.63, 3.8) is 0 Å². The van der Waals surface area contributed by atoms with Crippen LogP contribution in [0.15, 0.2) is 12.1 Å². The highest BCUT2D eigenvalue weighted by Crippen LogP contribution is 2.30. The Morgan fingerprint density at radius 3 is 2.54 bits per heavy atom. The Kier molecular flexibility index (Phi) is 2.36. The number of methoxy groups -OCH3 is 1. The van der Waals surface area contributed by atoms with Gasteiger partial charge in [-0.05, 0) is 12.5 Å². The molecule has 0 aliphatic rings. The second kappa shape index (κ2) is 3.30. The molecule has 0 fully saturated rings. The van der Waals surface area contributed by atoms with Crippen molar-refractivity contribution in [3.8, 4) is 5.75 Å². The van der Waals surface area contributed by atoms with Gasteiger partial charge in [-0.15, -0.1) is 0 Å². The number of aryl methyl sites for hydroxylation is 1. The Bertz CT molecular complexity index is 326. The lowest BCUT2D eigenvalue weighted by atomic mass is 10.1. The summed E-state index contributed by atoms with van der Waals surface area (Å²) >= 11 is 0. The molecular weight excluding hydrogens is 172 g/mol. The van der Waals surface area contributed by atoms with E-state index in [0.717, 1.165) is 0 Å². The summed E-state index contributed by atoms with van der Waals surface area (Å²) in [5.74, 6) is 0.491. The highest BCUT2D eigenvalue weighted by atomic mass is 16.6. The van der Waals surface area contributed by atoms with Gasteiger partial charge in [0, 0.05) is 12.1 Å². The summed E-state index contributed by atoms with van der Waals surface area (Å²) in [5, 5.41) is 10.4. The molecule has 70 valence electrons. The van der Waals surface area contributed by atoms with Gasteiger partial charge in [0.25, 0.3) is 5.69 Å². The number of nitrogens with two attached hydrogens (primary N) is 1. The monoisotopic (exact) mass is 182 g/mol. The topological polar surface area (TPSA) is 78.4 Å². The van der Waals surface area contributed by atoms with Crippen molar-refractivity contribution in [2.45, 2.75) is 6.92 Å². The molecule has 0 saturated heterocycles. The molecule has 2 N–H and O–H groups in total. The van der Waals surface area contributed by atoms with E-state index in [1.165, 1.54) is 19.2 Å². The third-order valence-electron chi connectivity index (χ3n) is 1.70. The van der Waals surface area contributed by atoms with Crippen LogP contribution < -0.4 is 10.5 Å². The normalized spacial score (nSPS) is 9.69. The summed E-state index contributed by atoms with van der Waals surface area (Å²) in [5.41, 5.74) is 6.47. The maximum atomic E-state index is 10.4. The molecule has 0 spiro atoms. The number of nitro benzene ring substituents is 1. The van der Waals surface area contributed by atoms with Crippen molar-refractivity contribution in [2.24, 2.45) is 0 Å². The minimum atomic E-state index is -0.483. The van der Waals surface area contributed by atoms with Gasteiger partial charge in [-0.25, -0.2) is 0 Å². The van der Waals surface area contributed by atoms with Gasteiger partial charge < -0.3 is 10.5 Å². The molecule has 5 heteroatoms. The number of hydrogen-bond donors (Lipinski definition) is 1. The Hall–Kier alpha value is -1.78. The van der Waals surface area contributed by atoms with Crippen LogP contribution in [0.1, 0.15) is 5.56 Å². The number of nitro groups is 1. The van der Waals surface area contributed by atoms with Gasteiger partial charge in [-0.3, -0.25) is 10.1 Å². The van der Waals surface area contributed by atoms with Crippen LogP contribution in [0, 0.1) is 17.0 Å². The van der Waals surface area contributed by atoms with E-state index in [1.807, 2.05) is 0 Å². The Balaban J connectivity index is 3.28. The molecule has 0 aromatic heterocycles. The summed E-state index contributed by atoms with van der Waals surface area (Å²) in [6.45, 7) is 1.71. The first-order chi connectivity index (χ1) is 6.06. The molecule has 0 amide bonds. The SMILES string of the molecule is COc1c(C)cc([N+](=O)[O-])cc1N. The highest BCUT2D eigenvalue weighted by Gasteiger charge is 2.12. The van der Waals surface area contributed by atoms with E-state index in [2.05, 4.69) is 0 Å². The van der Waals surface area contributed by atoms with Crippen LogP contribution in [0.5, 0.6) is 5.75 Å². The first-order valence-electron chi connectivity index (χ1n) is 3.64. The molecular formula is C8H10N2O3. The van der Waals surface area contributed by atoms with Gasteiger partial charge in [0.15, 0.2) is 0 Å². The zero-order valence-electron chi connectivity index (χ0n) is 7.40. The molecule has 0 aliphatic carbocycles. The maximum Gasteiger partial charge on any atom is 0.272 e. The number of hydrogen-bond acceptors (Lipinski definition) is 4. The van der Waals surface area contributed by atoms with Crippen molar-refractivity contribution < 1.29 is 9.66 Å². The van der Waals surface area contributed by atoms with E-state index in [4.69, 9.17) is 10.5 Å². The lowest BCUT2D eigenvalue weighted by Crippen LogP contribution is -1.97. The first-order valence-corrected chi connectivity index (χ1v) is 3.64. The minimum Gasteiger partial charge on any atom is -0.494 e. The number of rotatable bonds is 2. The summed E-state index contributed by atoms with van der Waals surface area (Å²) in [6, 6.07) is 2.71. The Morgan fingerprint density at radius 1 is 1.54 bits per heavy atom. The Morgan fingerprint density at radius 2 is 2.15 bits per heavy atom. The number of anilines is 1. The molecule has 1 aromatic carbocycles. The molecule has 5 nitrogen and oxygen atoms in total. The lowest BCUT2D eigenvalue weighted by molar-refractivity contribution is -0.384. The summed E-state index contributed by atoms with van der Waals surface area (Å²) < 4.78 is 4.96. The number of ether oxygens (including phenoxy) is 1. The van der Waals surface area contributed by atoms with Crippen LogP contribution in [-0.2, 0) is 0 Å². The number of nitrogen functional groups attached to an aromatic ring is 1. The zero-order chi connectivity index (χ0) is 10.0. The fraction of sp³-hybridized carbons (Fsp3) is 0.250. The van der Waals surface area contributed by atoms with Gasteiger partial charge in [-0.2, -0.15) is 0 Å². The van der Waals surface area contributed by atoms with E-state index in [1.54, 1.807) is 6.92 Å².